The highest BCUT2D eigenvalue weighted by atomic mass is 32.2. The van der Waals surface area contributed by atoms with Crippen molar-refractivity contribution in [1.82, 2.24) is 9.55 Å². The minimum atomic E-state index is -0.0149. The summed E-state index contributed by atoms with van der Waals surface area (Å²) < 4.78 is 7.21. The van der Waals surface area contributed by atoms with Crippen molar-refractivity contribution in [3.63, 3.8) is 0 Å². The van der Waals surface area contributed by atoms with Crippen molar-refractivity contribution < 1.29 is 9.53 Å². The van der Waals surface area contributed by atoms with Crippen LogP contribution in [0.15, 0.2) is 34.2 Å². The number of hydrogen-bond donors (Lipinski definition) is 0. The van der Waals surface area contributed by atoms with Gasteiger partial charge in [0.2, 0.25) is 0 Å². The average molecular weight is 415 g/mol. The zero-order valence-electron chi connectivity index (χ0n) is 16.0. The zero-order valence-corrected chi connectivity index (χ0v) is 17.6. The van der Waals surface area contributed by atoms with Crippen molar-refractivity contribution in [3.8, 4) is 11.4 Å². The van der Waals surface area contributed by atoms with Gasteiger partial charge in [-0.05, 0) is 62.9 Å². The monoisotopic (exact) mass is 414 g/mol. The van der Waals surface area contributed by atoms with Gasteiger partial charge < -0.3 is 4.74 Å². The van der Waals surface area contributed by atoms with Gasteiger partial charge in [0.15, 0.2) is 5.16 Å². The Kier molecular flexibility index (Phi) is 5.55. The summed E-state index contributed by atoms with van der Waals surface area (Å²) in [6, 6.07) is 7.53. The molecule has 0 N–H and O–H groups in total. The maximum Gasteiger partial charge on any atom is 0.267 e. The predicted molar refractivity (Wildman–Crippen MR) is 114 cm³/mol. The number of aromatic nitrogens is 2. The molecule has 3 aromatic rings. The molecule has 1 aromatic carbocycles. The predicted octanol–water partition coefficient (Wildman–Crippen LogP) is 4.41. The fourth-order valence-electron chi connectivity index (χ4n) is 3.49. The minimum Gasteiger partial charge on any atom is -0.494 e. The van der Waals surface area contributed by atoms with Gasteiger partial charge in [0, 0.05) is 17.1 Å². The fourth-order valence-corrected chi connectivity index (χ4v) is 5.85. The molecule has 0 saturated carbocycles. The molecule has 1 aliphatic carbocycles. The average Bonchev–Trinajstić information content (AvgIpc) is 3.23. The first kappa shape index (κ1) is 19.2. The third kappa shape index (κ3) is 3.61. The lowest BCUT2D eigenvalue weighted by molar-refractivity contribution is -0.116. The lowest BCUT2D eigenvalue weighted by atomic mass is 10.2. The number of Topliss-reactive ketones (excluding diaryl/α,β-unsaturated/α-hetero) is 1. The van der Waals surface area contributed by atoms with E-state index in [2.05, 4.69) is 0 Å². The molecule has 7 heteroatoms. The summed E-state index contributed by atoms with van der Waals surface area (Å²) in [6.07, 6.45) is 3.55. The molecule has 4 rings (SSSR count). The van der Waals surface area contributed by atoms with Crippen LogP contribution in [-0.4, -0.2) is 27.7 Å². The first-order valence-corrected chi connectivity index (χ1v) is 11.3. The Morgan fingerprint density at radius 1 is 1.29 bits per heavy atom. The largest absolute Gasteiger partial charge is 0.494 e. The van der Waals surface area contributed by atoms with E-state index in [9.17, 15) is 9.59 Å². The summed E-state index contributed by atoms with van der Waals surface area (Å²) in [4.78, 5) is 31.8. The number of aryl methyl sites for hydroxylation is 2. The summed E-state index contributed by atoms with van der Waals surface area (Å²) in [7, 11) is 0. The first-order chi connectivity index (χ1) is 13.6. The minimum absolute atomic E-state index is 0.0149. The Bertz CT molecular complexity index is 1080. The molecule has 146 valence electrons. The van der Waals surface area contributed by atoms with Crippen LogP contribution in [0.25, 0.3) is 15.9 Å². The fraction of sp³-hybridized carbons (Fsp3) is 0.381. The van der Waals surface area contributed by atoms with Crippen LogP contribution in [0.5, 0.6) is 5.75 Å². The van der Waals surface area contributed by atoms with E-state index in [4.69, 9.17) is 9.72 Å². The molecule has 0 amide bonds. The van der Waals surface area contributed by atoms with Crippen LogP contribution in [0.1, 0.15) is 37.1 Å². The molecule has 0 unspecified atom stereocenters. The molecule has 1 aliphatic rings. The number of fused-ring (bicyclic) bond motifs is 3. The van der Waals surface area contributed by atoms with E-state index >= 15 is 0 Å². The second kappa shape index (κ2) is 8.09. The number of carbonyl (C=O) groups excluding carboxylic acids is 1. The molecular weight excluding hydrogens is 392 g/mol. The van der Waals surface area contributed by atoms with Crippen molar-refractivity contribution in [1.29, 1.82) is 0 Å². The molecule has 0 aliphatic heterocycles. The number of hydrogen-bond acceptors (Lipinski definition) is 6. The van der Waals surface area contributed by atoms with Crippen molar-refractivity contribution in [3.05, 3.63) is 45.1 Å². The number of benzene rings is 1. The van der Waals surface area contributed by atoms with Crippen LogP contribution in [0.2, 0.25) is 0 Å². The molecule has 0 fully saturated rings. The van der Waals surface area contributed by atoms with Gasteiger partial charge in [-0.3, -0.25) is 14.2 Å². The highest BCUT2D eigenvalue weighted by Crippen LogP contribution is 2.36. The summed E-state index contributed by atoms with van der Waals surface area (Å²) in [6.45, 7) is 4.12. The lowest BCUT2D eigenvalue weighted by Crippen LogP contribution is -2.22. The molecule has 0 radical (unpaired) electrons. The Labute approximate surface area is 171 Å². The van der Waals surface area contributed by atoms with E-state index in [1.165, 1.54) is 22.2 Å². The Morgan fingerprint density at radius 2 is 2.07 bits per heavy atom. The van der Waals surface area contributed by atoms with Crippen LogP contribution >= 0.6 is 23.1 Å². The quantitative estimate of drug-likeness (QED) is 0.423. The molecule has 0 atom stereocenters. The Morgan fingerprint density at radius 3 is 2.79 bits per heavy atom. The maximum atomic E-state index is 13.5. The van der Waals surface area contributed by atoms with E-state index in [1.807, 2.05) is 31.2 Å². The van der Waals surface area contributed by atoms with Gasteiger partial charge in [-0.2, -0.15) is 0 Å². The Hall–Kier alpha value is -2.12. The zero-order chi connectivity index (χ0) is 19.7. The van der Waals surface area contributed by atoms with Gasteiger partial charge in [-0.25, -0.2) is 4.98 Å². The standard InChI is InChI=1S/C21H22N2O3S2/c1-3-26-15-9-7-14(8-10-15)23-20(25)18-16-5-4-6-17(16)28-19(18)22-21(23)27-12-11-13(2)24/h7-10H,3-6,11-12H2,1-2H3. The number of carbonyl (C=O) groups is 1. The van der Waals surface area contributed by atoms with Crippen LogP contribution in [0, 0.1) is 0 Å². The van der Waals surface area contributed by atoms with Crippen LogP contribution in [0.4, 0.5) is 0 Å². The van der Waals surface area contributed by atoms with Crippen molar-refractivity contribution >= 4 is 39.1 Å². The third-order valence-corrected chi connectivity index (χ3v) is 6.93. The van der Waals surface area contributed by atoms with E-state index in [0.717, 1.165) is 40.9 Å². The molecule has 2 aromatic heterocycles. The summed E-state index contributed by atoms with van der Waals surface area (Å²) in [5, 5.41) is 1.41. The van der Waals surface area contributed by atoms with Crippen LogP contribution in [-0.2, 0) is 17.6 Å². The molecular formula is C21H22N2O3S2. The van der Waals surface area contributed by atoms with Crippen molar-refractivity contribution in [2.24, 2.45) is 0 Å². The normalized spacial score (nSPS) is 13.1. The summed E-state index contributed by atoms with van der Waals surface area (Å²) in [5.41, 5.74) is 1.93. The molecule has 5 nitrogen and oxygen atoms in total. The maximum absolute atomic E-state index is 13.5. The van der Waals surface area contributed by atoms with Crippen molar-refractivity contribution in [2.75, 3.05) is 12.4 Å². The van der Waals surface area contributed by atoms with Crippen LogP contribution in [0.3, 0.4) is 0 Å². The highest BCUT2D eigenvalue weighted by Gasteiger charge is 2.24. The van der Waals surface area contributed by atoms with Gasteiger partial charge in [-0.15, -0.1) is 11.3 Å². The summed E-state index contributed by atoms with van der Waals surface area (Å²) >= 11 is 3.10. The van der Waals surface area contributed by atoms with E-state index in [1.54, 1.807) is 22.8 Å². The number of rotatable bonds is 7. The second-order valence-electron chi connectivity index (χ2n) is 6.80. The smallest absolute Gasteiger partial charge is 0.267 e. The van der Waals surface area contributed by atoms with Gasteiger partial charge in [0.05, 0.1) is 17.7 Å². The number of thioether (sulfide) groups is 1. The number of thiophene rings is 1. The topological polar surface area (TPSA) is 61.2 Å². The molecule has 0 bridgehead atoms. The highest BCUT2D eigenvalue weighted by molar-refractivity contribution is 7.99. The number of ether oxygens (including phenoxy) is 1. The first-order valence-electron chi connectivity index (χ1n) is 9.51. The third-order valence-electron chi connectivity index (χ3n) is 4.80. The lowest BCUT2D eigenvalue weighted by Gasteiger charge is -2.13. The summed E-state index contributed by atoms with van der Waals surface area (Å²) in [5.74, 6) is 1.52. The van der Waals surface area contributed by atoms with Gasteiger partial charge in [0.1, 0.15) is 16.4 Å². The number of ketones is 1. The van der Waals surface area contributed by atoms with E-state index in [-0.39, 0.29) is 11.3 Å². The van der Waals surface area contributed by atoms with E-state index < -0.39 is 0 Å². The molecule has 0 saturated heterocycles. The van der Waals surface area contributed by atoms with Gasteiger partial charge >= 0.3 is 0 Å². The number of nitrogens with zero attached hydrogens (tertiary/aromatic N) is 2. The van der Waals surface area contributed by atoms with Gasteiger partial charge in [-0.1, -0.05) is 11.8 Å². The SMILES string of the molecule is CCOc1ccc(-n2c(SCCC(C)=O)nc3sc4c(c3c2=O)CCC4)cc1. The van der Waals surface area contributed by atoms with Gasteiger partial charge in [0.25, 0.3) is 5.56 Å². The van der Waals surface area contributed by atoms with Crippen LogP contribution < -0.4 is 10.3 Å². The Balaban J connectivity index is 1.84. The second-order valence-corrected chi connectivity index (χ2v) is 8.95. The van der Waals surface area contributed by atoms with E-state index in [0.29, 0.717) is 23.9 Å². The molecule has 28 heavy (non-hydrogen) atoms. The molecule has 2 heterocycles. The molecule has 0 spiro atoms. The van der Waals surface area contributed by atoms with Crippen molar-refractivity contribution in [2.45, 2.75) is 44.7 Å².